The van der Waals surface area contributed by atoms with Gasteiger partial charge in [0.2, 0.25) is 0 Å². The normalized spacial score (nSPS) is 18.3. The van der Waals surface area contributed by atoms with E-state index >= 15 is 0 Å². The van der Waals surface area contributed by atoms with Gasteiger partial charge in [-0.15, -0.1) is 0 Å². The summed E-state index contributed by atoms with van der Waals surface area (Å²) in [4.78, 5) is 4.28. The van der Waals surface area contributed by atoms with E-state index in [1.165, 1.54) is 0 Å². The molecule has 0 saturated carbocycles. The first-order valence-electron chi connectivity index (χ1n) is 6.95. The van der Waals surface area contributed by atoms with Crippen LogP contribution in [0.1, 0.15) is 24.0 Å². The van der Waals surface area contributed by atoms with Gasteiger partial charge in [0.15, 0.2) is 5.96 Å². The Morgan fingerprint density at radius 3 is 3.14 bits per heavy atom. The van der Waals surface area contributed by atoms with Gasteiger partial charge >= 0.3 is 0 Å². The van der Waals surface area contributed by atoms with Crippen LogP contribution in [-0.4, -0.2) is 32.3 Å². The summed E-state index contributed by atoms with van der Waals surface area (Å²) in [6.07, 6.45) is 2.40. The molecule has 1 aliphatic heterocycles. The number of guanidine groups is 1. The topological polar surface area (TPSA) is 92.7 Å². The van der Waals surface area contributed by atoms with Gasteiger partial charge in [-0.2, -0.15) is 5.26 Å². The van der Waals surface area contributed by atoms with Gasteiger partial charge in [0, 0.05) is 13.2 Å². The van der Waals surface area contributed by atoms with E-state index in [4.69, 9.17) is 20.5 Å². The maximum atomic E-state index is 8.93. The minimum atomic E-state index is 0.230. The van der Waals surface area contributed by atoms with Gasteiger partial charge in [0.05, 0.1) is 25.3 Å². The molecular weight excluding hydrogens is 268 g/mol. The summed E-state index contributed by atoms with van der Waals surface area (Å²) in [6, 6.07) is 7.45. The average Bonchev–Trinajstić information content (AvgIpc) is 3.04. The Labute approximate surface area is 124 Å². The number of nitrogens with zero attached hydrogens (tertiary/aromatic N) is 2. The molecular formula is C15H20N4O2. The Morgan fingerprint density at radius 2 is 2.48 bits per heavy atom. The zero-order valence-electron chi connectivity index (χ0n) is 12.1. The molecule has 0 aliphatic carbocycles. The summed E-state index contributed by atoms with van der Waals surface area (Å²) in [5.74, 6) is 0.949. The molecule has 1 atom stereocenters. The lowest BCUT2D eigenvalue weighted by atomic mass is 10.1. The van der Waals surface area contributed by atoms with Crippen LogP contribution in [0.15, 0.2) is 23.2 Å². The number of nitriles is 1. The molecule has 1 aromatic carbocycles. The van der Waals surface area contributed by atoms with Gasteiger partial charge in [-0.25, -0.2) is 4.99 Å². The van der Waals surface area contributed by atoms with Gasteiger partial charge in [0.25, 0.3) is 0 Å². The number of aliphatic imine (C=N–C) groups is 1. The summed E-state index contributed by atoms with van der Waals surface area (Å²) < 4.78 is 10.7. The molecule has 0 aromatic heterocycles. The van der Waals surface area contributed by atoms with Crippen LogP contribution in [0, 0.1) is 11.3 Å². The number of rotatable bonds is 5. The highest BCUT2D eigenvalue weighted by molar-refractivity contribution is 5.77. The van der Waals surface area contributed by atoms with E-state index in [1.807, 2.05) is 6.07 Å². The van der Waals surface area contributed by atoms with E-state index in [-0.39, 0.29) is 6.10 Å². The zero-order chi connectivity index (χ0) is 15.1. The molecule has 0 bridgehead atoms. The molecule has 1 aromatic rings. The first-order valence-corrected chi connectivity index (χ1v) is 6.95. The Kier molecular flexibility index (Phi) is 5.41. The lowest BCUT2D eigenvalue weighted by molar-refractivity contribution is 0.114. The molecule has 1 heterocycles. The van der Waals surface area contributed by atoms with Crippen molar-refractivity contribution in [1.82, 2.24) is 5.32 Å². The molecule has 1 fully saturated rings. The van der Waals surface area contributed by atoms with Crippen molar-refractivity contribution < 1.29 is 9.47 Å². The maximum Gasteiger partial charge on any atom is 0.189 e. The van der Waals surface area contributed by atoms with Crippen LogP contribution < -0.4 is 15.8 Å². The molecule has 21 heavy (non-hydrogen) atoms. The zero-order valence-corrected chi connectivity index (χ0v) is 12.1. The number of benzene rings is 1. The third-order valence-electron chi connectivity index (χ3n) is 3.35. The molecule has 6 nitrogen and oxygen atoms in total. The fourth-order valence-corrected chi connectivity index (χ4v) is 2.18. The Morgan fingerprint density at radius 1 is 1.62 bits per heavy atom. The minimum absolute atomic E-state index is 0.230. The summed E-state index contributed by atoms with van der Waals surface area (Å²) in [5, 5.41) is 12.0. The second-order valence-corrected chi connectivity index (χ2v) is 4.86. The van der Waals surface area contributed by atoms with Crippen molar-refractivity contribution in [3.63, 3.8) is 0 Å². The summed E-state index contributed by atoms with van der Waals surface area (Å²) in [7, 11) is 1.54. The van der Waals surface area contributed by atoms with E-state index in [0.29, 0.717) is 30.4 Å². The highest BCUT2D eigenvalue weighted by Gasteiger charge is 2.14. The molecule has 1 unspecified atom stereocenters. The van der Waals surface area contributed by atoms with Crippen molar-refractivity contribution in [1.29, 1.82) is 5.26 Å². The van der Waals surface area contributed by atoms with Crippen LogP contribution in [-0.2, 0) is 11.3 Å². The lowest BCUT2D eigenvalue weighted by Gasteiger charge is -2.11. The van der Waals surface area contributed by atoms with Gasteiger partial charge in [-0.3, -0.25) is 0 Å². The largest absolute Gasteiger partial charge is 0.495 e. The second kappa shape index (κ2) is 7.50. The number of ether oxygens (including phenoxy) is 2. The minimum Gasteiger partial charge on any atom is -0.495 e. The highest BCUT2D eigenvalue weighted by Crippen LogP contribution is 2.19. The molecule has 6 heteroatoms. The standard InChI is InChI=1S/C15H20N4O2/c1-20-14-7-11(4-5-12(14)8-16)9-18-15(17)19-10-13-3-2-6-21-13/h4-5,7,13H,2-3,6,9-10H2,1H3,(H3,17,18,19). The van der Waals surface area contributed by atoms with E-state index in [1.54, 1.807) is 19.2 Å². The molecule has 0 amide bonds. The number of nitrogens with two attached hydrogens (primary N) is 1. The molecule has 2 rings (SSSR count). The van der Waals surface area contributed by atoms with Crippen LogP contribution in [0.5, 0.6) is 5.75 Å². The fourth-order valence-electron chi connectivity index (χ4n) is 2.18. The predicted octanol–water partition coefficient (Wildman–Crippen LogP) is 1.15. The smallest absolute Gasteiger partial charge is 0.189 e. The third kappa shape index (κ3) is 4.36. The van der Waals surface area contributed by atoms with Crippen LogP contribution in [0.2, 0.25) is 0 Å². The molecule has 3 N–H and O–H groups in total. The van der Waals surface area contributed by atoms with Crippen LogP contribution in [0.25, 0.3) is 0 Å². The number of nitrogens with one attached hydrogen (secondary N) is 1. The monoisotopic (exact) mass is 288 g/mol. The Balaban J connectivity index is 1.88. The van der Waals surface area contributed by atoms with E-state index in [2.05, 4.69) is 16.4 Å². The average molecular weight is 288 g/mol. The second-order valence-electron chi connectivity index (χ2n) is 4.86. The van der Waals surface area contributed by atoms with Crippen LogP contribution in [0.4, 0.5) is 0 Å². The van der Waals surface area contributed by atoms with E-state index in [9.17, 15) is 0 Å². The predicted molar refractivity (Wildman–Crippen MR) is 80.0 cm³/mol. The van der Waals surface area contributed by atoms with Crippen LogP contribution >= 0.6 is 0 Å². The van der Waals surface area contributed by atoms with Crippen molar-refractivity contribution in [2.45, 2.75) is 25.5 Å². The van der Waals surface area contributed by atoms with Crippen molar-refractivity contribution >= 4 is 5.96 Å². The van der Waals surface area contributed by atoms with E-state index < -0.39 is 0 Å². The third-order valence-corrected chi connectivity index (χ3v) is 3.35. The summed E-state index contributed by atoms with van der Waals surface area (Å²) in [5.41, 5.74) is 7.27. The molecule has 112 valence electrons. The SMILES string of the molecule is COc1cc(CN=C(N)NCC2CCCO2)ccc1C#N. The van der Waals surface area contributed by atoms with Gasteiger partial charge in [-0.1, -0.05) is 6.07 Å². The highest BCUT2D eigenvalue weighted by atomic mass is 16.5. The number of hydrogen-bond donors (Lipinski definition) is 2. The number of methoxy groups -OCH3 is 1. The van der Waals surface area contributed by atoms with Crippen molar-refractivity contribution in [2.75, 3.05) is 20.3 Å². The summed E-state index contributed by atoms with van der Waals surface area (Å²) >= 11 is 0. The first kappa shape index (κ1) is 15.1. The molecule has 0 radical (unpaired) electrons. The maximum absolute atomic E-state index is 8.93. The van der Waals surface area contributed by atoms with E-state index in [0.717, 1.165) is 25.0 Å². The summed E-state index contributed by atoms with van der Waals surface area (Å²) in [6.45, 7) is 1.95. The quantitative estimate of drug-likeness (QED) is 0.626. The Bertz CT molecular complexity index is 545. The lowest BCUT2D eigenvalue weighted by Crippen LogP contribution is -2.37. The van der Waals surface area contributed by atoms with Gasteiger partial charge in [0.1, 0.15) is 11.8 Å². The molecule has 0 spiro atoms. The first-order chi connectivity index (χ1) is 10.2. The van der Waals surface area contributed by atoms with Crippen LogP contribution in [0.3, 0.4) is 0 Å². The van der Waals surface area contributed by atoms with Crippen molar-refractivity contribution in [3.05, 3.63) is 29.3 Å². The van der Waals surface area contributed by atoms with Gasteiger partial charge in [-0.05, 0) is 30.5 Å². The molecule has 1 saturated heterocycles. The Hall–Kier alpha value is -2.26. The fraction of sp³-hybridized carbons (Fsp3) is 0.467. The number of hydrogen-bond acceptors (Lipinski definition) is 4. The van der Waals surface area contributed by atoms with Crippen molar-refractivity contribution in [2.24, 2.45) is 10.7 Å². The van der Waals surface area contributed by atoms with Crippen molar-refractivity contribution in [3.8, 4) is 11.8 Å². The molecule has 1 aliphatic rings. The van der Waals surface area contributed by atoms with Gasteiger partial charge < -0.3 is 20.5 Å².